The maximum absolute atomic E-state index is 13.9. The van der Waals surface area contributed by atoms with Gasteiger partial charge in [0.25, 0.3) is 5.92 Å². The van der Waals surface area contributed by atoms with Gasteiger partial charge in [0.15, 0.2) is 5.58 Å². The third-order valence-electron chi connectivity index (χ3n) is 2.90. The second-order valence-electron chi connectivity index (χ2n) is 4.17. The van der Waals surface area contributed by atoms with Crippen LogP contribution in [0.15, 0.2) is 27.4 Å². The van der Waals surface area contributed by atoms with Crippen molar-refractivity contribution in [3.8, 4) is 0 Å². The monoisotopic (exact) mass is 256 g/mol. The molecule has 6 heteroatoms. The van der Waals surface area contributed by atoms with Crippen LogP contribution in [0.25, 0.3) is 11.1 Å². The van der Waals surface area contributed by atoms with Gasteiger partial charge in [0.1, 0.15) is 0 Å². The summed E-state index contributed by atoms with van der Waals surface area (Å²) in [7, 11) is 3.11. The fraction of sp³-hybridized carbons (Fsp3) is 0.417. The molecule has 0 saturated carbocycles. The quantitative estimate of drug-likeness (QED) is 0.907. The van der Waals surface area contributed by atoms with E-state index in [9.17, 15) is 13.6 Å². The molecule has 1 aromatic heterocycles. The molecule has 18 heavy (non-hydrogen) atoms. The average Bonchev–Trinajstić information content (AvgIpc) is 2.62. The van der Waals surface area contributed by atoms with Gasteiger partial charge in [0.2, 0.25) is 0 Å². The predicted octanol–water partition coefficient (Wildman–Crippen LogP) is 1.83. The maximum Gasteiger partial charge on any atom is 0.419 e. The van der Waals surface area contributed by atoms with E-state index in [2.05, 4.69) is 5.32 Å². The molecule has 0 spiro atoms. The van der Waals surface area contributed by atoms with Crippen molar-refractivity contribution in [3.63, 3.8) is 0 Å². The lowest BCUT2D eigenvalue weighted by atomic mass is 10.0. The Bertz CT molecular complexity index is 616. The van der Waals surface area contributed by atoms with Gasteiger partial charge in [-0.1, -0.05) is 0 Å². The van der Waals surface area contributed by atoms with Crippen molar-refractivity contribution in [2.75, 3.05) is 13.6 Å². The Balaban J connectivity index is 2.46. The first-order valence-corrected chi connectivity index (χ1v) is 5.58. The molecule has 1 N–H and O–H groups in total. The van der Waals surface area contributed by atoms with Gasteiger partial charge in [-0.05, 0) is 25.2 Å². The van der Waals surface area contributed by atoms with Gasteiger partial charge in [-0.3, -0.25) is 4.57 Å². The Kier molecular flexibility index (Phi) is 3.21. The fourth-order valence-electron chi connectivity index (χ4n) is 1.78. The summed E-state index contributed by atoms with van der Waals surface area (Å²) in [6.45, 7) is 0.218. The molecule has 2 aromatic rings. The van der Waals surface area contributed by atoms with Gasteiger partial charge in [-0.15, -0.1) is 0 Å². The van der Waals surface area contributed by atoms with Gasteiger partial charge in [-0.25, -0.2) is 13.6 Å². The van der Waals surface area contributed by atoms with Gasteiger partial charge in [-0.2, -0.15) is 0 Å². The van der Waals surface area contributed by atoms with Crippen LogP contribution in [-0.2, 0) is 13.0 Å². The van der Waals surface area contributed by atoms with Crippen LogP contribution in [0.4, 0.5) is 8.78 Å². The number of benzene rings is 1. The second-order valence-corrected chi connectivity index (χ2v) is 4.17. The zero-order valence-electron chi connectivity index (χ0n) is 10.2. The number of fused-ring (bicyclic) bond motifs is 1. The van der Waals surface area contributed by atoms with Gasteiger partial charge >= 0.3 is 5.76 Å². The first-order chi connectivity index (χ1) is 8.45. The minimum atomic E-state index is -2.93. The lowest BCUT2D eigenvalue weighted by Crippen LogP contribution is -2.21. The summed E-state index contributed by atoms with van der Waals surface area (Å²) >= 11 is 0. The molecule has 0 bridgehead atoms. The lowest BCUT2D eigenvalue weighted by molar-refractivity contribution is -0.0122. The number of rotatable bonds is 4. The summed E-state index contributed by atoms with van der Waals surface area (Å²) in [6, 6.07) is 4.00. The van der Waals surface area contributed by atoms with E-state index in [1.54, 1.807) is 7.05 Å². The molecule has 0 saturated heterocycles. The van der Waals surface area contributed by atoms with Crippen LogP contribution in [0, 0.1) is 0 Å². The molecular formula is C12H14F2N2O2. The number of nitrogens with one attached hydrogen (secondary N) is 1. The molecule has 0 aliphatic rings. The van der Waals surface area contributed by atoms with Crippen LogP contribution in [-0.4, -0.2) is 18.2 Å². The first kappa shape index (κ1) is 12.8. The molecular weight excluding hydrogens is 242 g/mol. The van der Waals surface area contributed by atoms with Crippen molar-refractivity contribution in [2.45, 2.75) is 12.3 Å². The van der Waals surface area contributed by atoms with Crippen LogP contribution in [0.3, 0.4) is 0 Å². The van der Waals surface area contributed by atoms with Crippen molar-refractivity contribution >= 4 is 11.1 Å². The van der Waals surface area contributed by atoms with E-state index in [1.807, 2.05) is 0 Å². The second kappa shape index (κ2) is 4.53. The summed E-state index contributed by atoms with van der Waals surface area (Å²) in [5.74, 6) is -3.48. The van der Waals surface area contributed by atoms with Crippen LogP contribution >= 0.6 is 0 Å². The molecule has 1 heterocycles. The Morgan fingerprint density at radius 3 is 2.83 bits per heavy atom. The first-order valence-electron chi connectivity index (χ1n) is 5.58. The Hall–Kier alpha value is -1.69. The van der Waals surface area contributed by atoms with Crippen molar-refractivity contribution in [3.05, 3.63) is 34.3 Å². The zero-order valence-corrected chi connectivity index (χ0v) is 10.2. The number of oxazole rings is 1. The van der Waals surface area contributed by atoms with E-state index in [1.165, 1.54) is 29.8 Å². The topological polar surface area (TPSA) is 47.2 Å². The summed E-state index contributed by atoms with van der Waals surface area (Å²) in [4.78, 5) is 11.3. The Labute approximate surface area is 102 Å². The number of nitrogens with zero attached hydrogens (tertiary/aromatic N) is 1. The summed E-state index contributed by atoms with van der Waals surface area (Å²) in [5, 5.41) is 2.69. The van der Waals surface area contributed by atoms with Crippen molar-refractivity contribution in [1.29, 1.82) is 0 Å². The molecule has 0 aliphatic carbocycles. The molecule has 0 fully saturated rings. The van der Waals surface area contributed by atoms with E-state index >= 15 is 0 Å². The lowest BCUT2D eigenvalue weighted by Gasteiger charge is -2.16. The molecule has 0 amide bonds. The smallest absolute Gasteiger partial charge is 0.408 e. The number of aryl methyl sites for hydroxylation is 1. The van der Waals surface area contributed by atoms with Crippen LogP contribution in [0.2, 0.25) is 0 Å². The van der Waals surface area contributed by atoms with Gasteiger partial charge in [0.05, 0.1) is 5.52 Å². The molecule has 0 unspecified atom stereocenters. The maximum atomic E-state index is 13.9. The number of hydrogen-bond donors (Lipinski definition) is 1. The molecule has 2 rings (SSSR count). The highest BCUT2D eigenvalue weighted by Gasteiger charge is 2.31. The fourth-order valence-corrected chi connectivity index (χ4v) is 1.78. The van der Waals surface area contributed by atoms with Gasteiger partial charge < -0.3 is 9.73 Å². The standard InChI is InChI=1S/C12H14F2N2O2/c1-15-6-5-12(13,14)8-3-4-10-9(7-8)16(2)11(17)18-10/h3-4,7,15H,5-6H2,1-2H3. The van der Waals surface area contributed by atoms with E-state index in [0.717, 1.165) is 0 Å². The molecule has 4 nitrogen and oxygen atoms in total. The average molecular weight is 256 g/mol. The van der Waals surface area contributed by atoms with E-state index < -0.39 is 11.7 Å². The zero-order chi connectivity index (χ0) is 13.3. The highest BCUT2D eigenvalue weighted by Crippen LogP contribution is 2.32. The highest BCUT2D eigenvalue weighted by molar-refractivity contribution is 5.73. The van der Waals surface area contributed by atoms with E-state index in [4.69, 9.17) is 4.42 Å². The van der Waals surface area contributed by atoms with Crippen molar-refractivity contribution in [1.82, 2.24) is 9.88 Å². The van der Waals surface area contributed by atoms with E-state index in [-0.39, 0.29) is 18.5 Å². The van der Waals surface area contributed by atoms with Crippen molar-refractivity contribution in [2.24, 2.45) is 7.05 Å². The largest absolute Gasteiger partial charge is 0.419 e. The van der Waals surface area contributed by atoms with E-state index in [0.29, 0.717) is 11.1 Å². The third kappa shape index (κ3) is 2.15. The minimum absolute atomic E-state index is 0.110. The highest BCUT2D eigenvalue weighted by atomic mass is 19.3. The number of halogens is 2. The summed E-state index contributed by atoms with van der Waals surface area (Å²) in [6.07, 6.45) is -0.291. The predicted molar refractivity (Wildman–Crippen MR) is 63.9 cm³/mol. The molecule has 98 valence electrons. The number of hydrogen-bond acceptors (Lipinski definition) is 3. The van der Waals surface area contributed by atoms with Crippen LogP contribution < -0.4 is 11.1 Å². The third-order valence-corrected chi connectivity index (χ3v) is 2.90. The molecule has 0 atom stereocenters. The van der Waals surface area contributed by atoms with Crippen LogP contribution in [0.5, 0.6) is 0 Å². The summed E-state index contributed by atoms with van der Waals surface area (Å²) < 4.78 is 33.8. The Morgan fingerprint density at radius 1 is 1.44 bits per heavy atom. The van der Waals surface area contributed by atoms with Crippen molar-refractivity contribution < 1.29 is 13.2 Å². The Morgan fingerprint density at radius 2 is 2.17 bits per heavy atom. The molecule has 0 radical (unpaired) electrons. The van der Waals surface area contributed by atoms with Gasteiger partial charge in [0, 0.05) is 25.6 Å². The number of alkyl halides is 2. The normalized spacial score (nSPS) is 12.2. The SMILES string of the molecule is CNCCC(F)(F)c1ccc2oc(=O)n(C)c2c1. The van der Waals surface area contributed by atoms with Crippen LogP contribution in [0.1, 0.15) is 12.0 Å². The molecule has 1 aromatic carbocycles. The number of aromatic nitrogens is 1. The summed E-state index contributed by atoms with van der Waals surface area (Å²) in [5.41, 5.74) is 0.582. The molecule has 0 aliphatic heterocycles. The minimum Gasteiger partial charge on any atom is -0.408 e.